The van der Waals surface area contributed by atoms with Crippen LogP contribution in [0.15, 0.2) is 73.1 Å². The first-order valence-corrected chi connectivity index (χ1v) is 8.52. The molecule has 0 aliphatic rings. The maximum Gasteiger partial charge on any atom is 0.255 e. The number of nitrogens with zero attached hydrogens (tertiary/aromatic N) is 2. The lowest BCUT2D eigenvalue weighted by Gasteiger charge is -2.07. The van der Waals surface area contributed by atoms with Gasteiger partial charge < -0.3 is 9.72 Å². The highest BCUT2D eigenvalue weighted by Gasteiger charge is 2.09. The van der Waals surface area contributed by atoms with Gasteiger partial charge in [-0.1, -0.05) is 35.9 Å². The van der Waals surface area contributed by atoms with E-state index in [0.29, 0.717) is 5.56 Å². The summed E-state index contributed by atoms with van der Waals surface area (Å²) in [6.45, 7) is 4.03. The molecular formula is C22H19N3O. The molecule has 0 fully saturated rings. The molecular weight excluding hydrogens is 322 g/mol. The SMILES string of the molecule is Cc1cccc(C(=O)Nc2cccc(-c3cn4cc(C)ccc4n3)c2)c1. The number of nitrogens with one attached hydrogen (secondary N) is 1. The molecule has 0 aliphatic carbocycles. The van der Waals surface area contributed by atoms with Gasteiger partial charge in [0, 0.05) is 29.2 Å². The number of carbonyl (C=O) groups is 1. The van der Waals surface area contributed by atoms with Crippen molar-refractivity contribution in [1.29, 1.82) is 0 Å². The van der Waals surface area contributed by atoms with Gasteiger partial charge >= 0.3 is 0 Å². The van der Waals surface area contributed by atoms with Gasteiger partial charge in [-0.15, -0.1) is 0 Å². The van der Waals surface area contributed by atoms with Gasteiger partial charge in [-0.05, 0) is 49.7 Å². The van der Waals surface area contributed by atoms with E-state index in [1.54, 1.807) is 0 Å². The Balaban J connectivity index is 1.62. The van der Waals surface area contributed by atoms with Crippen molar-refractivity contribution in [3.63, 3.8) is 0 Å². The number of hydrogen-bond donors (Lipinski definition) is 1. The van der Waals surface area contributed by atoms with Gasteiger partial charge in [-0.3, -0.25) is 4.79 Å². The Morgan fingerprint density at radius 2 is 1.77 bits per heavy atom. The third-order valence-corrected chi connectivity index (χ3v) is 4.30. The molecule has 0 saturated heterocycles. The first kappa shape index (κ1) is 16.1. The molecule has 2 heterocycles. The molecule has 0 saturated carbocycles. The Morgan fingerprint density at radius 3 is 2.62 bits per heavy atom. The second kappa shape index (κ2) is 6.48. The van der Waals surface area contributed by atoms with Crippen LogP contribution in [0.3, 0.4) is 0 Å². The lowest BCUT2D eigenvalue weighted by atomic mass is 10.1. The Bertz CT molecular complexity index is 1110. The smallest absolute Gasteiger partial charge is 0.255 e. The molecule has 0 unspecified atom stereocenters. The van der Waals surface area contributed by atoms with Crippen molar-refractivity contribution in [2.75, 3.05) is 5.32 Å². The van der Waals surface area contributed by atoms with Gasteiger partial charge in [-0.25, -0.2) is 4.98 Å². The van der Waals surface area contributed by atoms with E-state index in [0.717, 1.165) is 28.2 Å². The molecule has 0 radical (unpaired) electrons. The van der Waals surface area contributed by atoms with Crippen molar-refractivity contribution in [2.24, 2.45) is 0 Å². The highest BCUT2D eigenvalue weighted by molar-refractivity contribution is 6.04. The van der Waals surface area contributed by atoms with Crippen molar-refractivity contribution in [2.45, 2.75) is 13.8 Å². The third kappa shape index (κ3) is 3.22. The number of carbonyl (C=O) groups excluding carboxylic acids is 1. The average Bonchev–Trinajstić information content (AvgIpc) is 3.05. The Labute approximate surface area is 152 Å². The number of amides is 1. The molecule has 0 atom stereocenters. The van der Waals surface area contributed by atoms with E-state index in [1.165, 1.54) is 5.56 Å². The molecule has 4 nitrogen and oxygen atoms in total. The largest absolute Gasteiger partial charge is 0.322 e. The maximum atomic E-state index is 12.5. The fourth-order valence-corrected chi connectivity index (χ4v) is 2.99. The van der Waals surface area contributed by atoms with E-state index in [4.69, 9.17) is 0 Å². The highest BCUT2D eigenvalue weighted by atomic mass is 16.1. The summed E-state index contributed by atoms with van der Waals surface area (Å²) < 4.78 is 2.02. The van der Waals surface area contributed by atoms with Crippen molar-refractivity contribution in [3.05, 3.63) is 89.7 Å². The number of hydrogen-bond acceptors (Lipinski definition) is 2. The predicted octanol–water partition coefficient (Wildman–Crippen LogP) is 4.87. The topological polar surface area (TPSA) is 46.4 Å². The number of benzene rings is 2. The van der Waals surface area contributed by atoms with Gasteiger partial charge in [-0.2, -0.15) is 0 Å². The lowest BCUT2D eigenvalue weighted by Crippen LogP contribution is -2.11. The average molecular weight is 341 g/mol. The number of imidazole rings is 1. The Kier molecular flexibility index (Phi) is 4.01. The fraction of sp³-hybridized carbons (Fsp3) is 0.0909. The van der Waals surface area contributed by atoms with Crippen molar-refractivity contribution in [1.82, 2.24) is 9.38 Å². The first-order valence-electron chi connectivity index (χ1n) is 8.52. The van der Waals surface area contributed by atoms with Crippen LogP contribution in [-0.4, -0.2) is 15.3 Å². The zero-order valence-corrected chi connectivity index (χ0v) is 14.7. The third-order valence-electron chi connectivity index (χ3n) is 4.30. The van der Waals surface area contributed by atoms with Gasteiger partial charge in [0.15, 0.2) is 0 Å². The van der Waals surface area contributed by atoms with E-state index < -0.39 is 0 Å². The van der Waals surface area contributed by atoms with Crippen LogP contribution < -0.4 is 5.32 Å². The molecule has 0 bridgehead atoms. The molecule has 4 rings (SSSR count). The van der Waals surface area contributed by atoms with Crippen LogP contribution in [-0.2, 0) is 0 Å². The molecule has 4 aromatic rings. The molecule has 4 heteroatoms. The summed E-state index contributed by atoms with van der Waals surface area (Å²) in [7, 11) is 0. The van der Waals surface area contributed by atoms with Crippen LogP contribution in [0.5, 0.6) is 0 Å². The van der Waals surface area contributed by atoms with E-state index in [2.05, 4.69) is 23.4 Å². The summed E-state index contributed by atoms with van der Waals surface area (Å²) in [6.07, 6.45) is 4.05. The predicted molar refractivity (Wildman–Crippen MR) is 104 cm³/mol. The van der Waals surface area contributed by atoms with Crippen LogP contribution in [0.4, 0.5) is 5.69 Å². The van der Waals surface area contributed by atoms with Crippen molar-refractivity contribution < 1.29 is 4.79 Å². The Morgan fingerprint density at radius 1 is 0.923 bits per heavy atom. The minimum absolute atomic E-state index is 0.114. The molecule has 1 amide bonds. The normalized spacial score (nSPS) is 10.8. The van der Waals surface area contributed by atoms with Crippen LogP contribution in [0.25, 0.3) is 16.9 Å². The van der Waals surface area contributed by atoms with E-state index >= 15 is 0 Å². The summed E-state index contributed by atoms with van der Waals surface area (Å²) in [4.78, 5) is 17.1. The van der Waals surface area contributed by atoms with Crippen LogP contribution in [0, 0.1) is 13.8 Å². The van der Waals surface area contributed by atoms with Crippen LogP contribution >= 0.6 is 0 Å². The fourth-order valence-electron chi connectivity index (χ4n) is 2.99. The minimum Gasteiger partial charge on any atom is -0.322 e. The molecule has 2 aromatic heterocycles. The van der Waals surface area contributed by atoms with Crippen LogP contribution in [0.1, 0.15) is 21.5 Å². The van der Waals surface area contributed by atoms with Crippen molar-refractivity contribution in [3.8, 4) is 11.3 Å². The highest BCUT2D eigenvalue weighted by Crippen LogP contribution is 2.23. The molecule has 128 valence electrons. The van der Waals surface area contributed by atoms with E-state index in [1.807, 2.05) is 78.2 Å². The first-order chi connectivity index (χ1) is 12.6. The van der Waals surface area contributed by atoms with Crippen molar-refractivity contribution >= 4 is 17.2 Å². The van der Waals surface area contributed by atoms with Gasteiger partial charge in [0.2, 0.25) is 0 Å². The van der Waals surface area contributed by atoms with Gasteiger partial charge in [0.05, 0.1) is 5.69 Å². The minimum atomic E-state index is -0.114. The van der Waals surface area contributed by atoms with Gasteiger partial charge in [0.25, 0.3) is 5.91 Å². The lowest BCUT2D eigenvalue weighted by molar-refractivity contribution is 0.102. The Hall–Kier alpha value is -3.40. The zero-order chi connectivity index (χ0) is 18.1. The zero-order valence-electron chi connectivity index (χ0n) is 14.7. The summed E-state index contributed by atoms with van der Waals surface area (Å²) in [5.74, 6) is -0.114. The molecule has 1 N–H and O–H groups in total. The second-order valence-corrected chi connectivity index (χ2v) is 6.50. The number of aryl methyl sites for hydroxylation is 2. The summed E-state index contributed by atoms with van der Waals surface area (Å²) >= 11 is 0. The van der Waals surface area contributed by atoms with E-state index in [9.17, 15) is 4.79 Å². The molecule has 0 aliphatic heterocycles. The second-order valence-electron chi connectivity index (χ2n) is 6.50. The monoisotopic (exact) mass is 341 g/mol. The summed E-state index contributed by atoms with van der Waals surface area (Å²) in [5, 5.41) is 2.96. The van der Waals surface area contributed by atoms with E-state index in [-0.39, 0.29) is 5.91 Å². The number of fused-ring (bicyclic) bond motifs is 1. The number of aromatic nitrogens is 2. The molecule has 26 heavy (non-hydrogen) atoms. The number of rotatable bonds is 3. The number of anilines is 1. The maximum absolute atomic E-state index is 12.5. The van der Waals surface area contributed by atoms with Crippen LogP contribution in [0.2, 0.25) is 0 Å². The quantitative estimate of drug-likeness (QED) is 0.578. The molecule has 0 spiro atoms. The number of pyridine rings is 1. The van der Waals surface area contributed by atoms with Gasteiger partial charge in [0.1, 0.15) is 5.65 Å². The molecule has 2 aromatic carbocycles. The summed E-state index contributed by atoms with van der Waals surface area (Å²) in [6, 6.07) is 19.4. The summed E-state index contributed by atoms with van der Waals surface area (Å²) in [5.41, 5.74) is 6.39. The standard InChI is InChI=1S/C22H19N3O/c1-15-5-3-7-18(11-15)22(26)23-19-8-4-6-17(12-19)20-14-25-13-16(2)9-10-21(25)24-20/h3-14H,1-2H3,(H,23,26).